The molecule has 0 bridgehead atoms. The Balaban J connectivity index is 1.57. The van der Waals surface area contributed by atoms with Crippen molar-refractivity contribution in [2.45, 2.75) is 45.7 Å². The molecular formula is C28H31N3O3. The molecule has 34 heavy (non-hydrogen) atoms. The van der Waals surface area contributed by atoms with Gasteiger partial charge in [-0.05, 0) is 49.8 Å². The van der Waals surface area contributed by atoms with Gasteiger partial charge in [-0.25, -0.2) is 0 Å². The van der Waals surface area contributed by atoms with Gasteiger partial charge in [0, 0.05) is 23.5 Å². The number of hydrogen-bond donors (Lipinski definition) is 1. The lowest BCUT2D eigenvalue weighted by Gasteiger charge is -2.31. The van der Waals surface area contributed by atoms with Gasteiger partial charge in [-0.1, -0.05) is 61.5 Å². The van der Waals surface area contributed by atoms with Gasteiger partial charge in [0.15, 0.2) is 0 Å². The molecule has 3 aromatic rings. The summed E-state index contributed by atoms with van der Waals surface area (Å²) in [4.78, 5) is 42.8. The maximum absolute atomic E-state index is 13.6. The summed E-state index contributed by atoms with van der Waals surface area (Å²) in [6, 6.07) is 20.6. The van der Waals surface area contributed by atoms with Crippen molar-refractivity contribution in [2.75, 3.05) is 18.0 Å². The molecule has 0 unspecified atom stereocenters. The average Bonchev–Trinajstić information content (AvgIpc) is 3.12. The van der Waals surface area contributed by atoms with Gasteiger partial charge in [-0.2, -0.15) is 0 Å². The summed E-state index contributed by atoms with van der Waals surface area (Å²) in [7, 11) is 0. The molecule has 0 spiro atoms. The van der Waals surface area contributed by atoms with Gasteiger partial charge in [-0.15, -0.1) is 0 Å². The third-order valence-electron chi connectivity index (χ3n) is 6.59. The fraction of sp³-hybridized carbons (Fsp3) is 0.321. The monoisotopic (exact) mass is 457 g/mol. The van der Waals surface area contributed by atoms with Gasteiger partial charge in [0.25, 0.3) is 5.91 Å². The van der Waals surface area contributed by atoms with Gasteiger partial charge < -0.3 is 10.2 Å². The Morgan fingerprint density at radius 2 is 1.68 bits per heavy atom. The summed E-state index contributed by atoms with van der Waals surface area (Å²) in [5.41, 5.74) is 2.44. The minimum absolute atomic E-state index is 0.0216. The van der Waals surface area contributed by atoms with Crippen LogP contribution in [0.15, 0.2) is 66.7 Å². The number of anilines is 1. The van der Waals surface area contributed by atoms with Crippen LogP contribution in [0.5, 0.6) is 0 Å². The maximum atomic E-state index is 13.6. The Hall–Kier alpha value is -3.67. The van der Waals surface area contributed by atoms with E-state index in [4.69, 9.17) is 0 Å². The maximum Gasteiger partial charge on any atom is 0.259 e. The first kappa shape index (κ1) is 23.5. The first-order chi connectivity index (χ1) is 16.4. The Morgan fingerprint density at radius 1 is 0.971 bits per heavy atom. The molecule has 6 nitrogen and oxygen atoms in total. The molecule has 1 aliphatic heterocycles. The van der Waals surface area contributed by atoms with Crippen LogP contribution in [0.1, 0.15) is 43.1 Å². The number of hydrogen-bond acceptors (Lipinski definition) is 3. The first-order valence-electron chi connectivity index (χ1n) is 11.9. The van der Waals surface area contributed by atoms with E-state index in [1.807, 2.05) is 74.5 Å². The van der Waals surface area contributed by atoms with Gasteiger partial charge in [0.1, 0.15) is 12.6 Å². The Bertz CT molecular complexity index is 1200. The summed E-state index contributed by atoms with van der Waals surface area (Å²) in [6.45, 7) is 5.98. The number of nitrogens with one attached hydrogen (secondary N) is 1. The lowest BCUT2D eigenvalue weighted by Crippen LogP contribution is -2.53. The van der Waals surface area contributed by atoms with Crippen LogP contribution in [0, 0.1) is 0 Å². The topological polar surface area (TPSA) is 69.7 Å². The molecule has 0 radical (unpaired) electrons. The van der Waals surface area contributed by atoms with Crippen molar-refractivity contribution in [1.82, 2.24) is 10.2 Å². The van der Waals surface area contributed by atoms with E-state index >= 15 is 0 Å². The zero-order chi connectivity index (χ0) is 24.2. The molecule has 0 saturated carbocycles. The van der Waals surface area contributed by atoms with E-state index in [1.54, 1.807) is 17.9 Å². The van der Waals surface area contributed by atoms with E-state index in [0.717, 1.165) is 28.4 Å². The molecule has 0 saturated heterocycles. The van der Waals surface area contributed by atoms with E-state index in [2.05, 4.69) is 5.32 Å². The molecule has 1 aliphatic rings. The van der Waals surface area contributed by atoms with Gasteiger partial charge >= 0.3 is 0 Å². The predicted octanol–water partition coefficient (Wildman–Crippen LogP) is 4.17. The standard InChI is InChI=1S/C28H31N3O3/c1-4-19(2)29-27(33)20(3)30(17-16-21-10-6-5-7-11-21)25(32)18-31-24-15-9-13-22-12-8-14-23(26(22)24)28(31)34/h5-15,19-20H,4,16-18H2,1-3H3,(H,29,33)/t19-,20+/m0/s1. The smallest absolute Gasteiger partial charge is 0.259 e. The Labute approximate surface area is 200 Å². The predicted molar refractivity (Wildman–Crippen MR) is 135 cm³/mol. The highest BCUT2D eigenvalue weighted by atomic mass is 16.2. The minimum Gasteiger partial charge on any atom is -0.352 e. The summed E-state index contributed by atoms with van der Waals surface area (Å²) in [5, 5.41) is 4.83. The first-order valence-corrected chi connectivity index (χ1v) is 11.9. The van der Waals surface area contributed by atoms with Crippen molar-refractivity contribution in [3.8, 4) is 0 Å². The van der Waals surface area contributed by atoms with E-state index < -0.39 is 6.04 Å². The molecule has 0 aliphatic carbocycles. The van der Waals surface area contributed by atoms with E-state index in [-0.39, 0.29) is 30.3 Å². The summed E-state index contributed by atoms with van der Waals surface area (Å²) < 4.78 is 0. The van der Waals surface area contributed by atoms with E-state index in [1.165, 1.54) is 4.90 Å². The van der Waals surface area contributed by atoms with Crippen LogP contribution in [0.4, 0.5) is 5.69 Å². The Morgan fingerprint density at radius 3 is 2.38 bits per heavy atom. The second-order valence-electron chi connectivity index (χ2n) is 8.89. The second kappa shape index (κ2) is 10.1. The molecule has 0 aromatic heterocycles. The quantitative estimate of drug-likeness (QED) is 0.524. The molecule has 3 aromatic carbocycles. The zero-order valence-corrected chi connectivity index (χ0v) is 20.0. The summed E-state index contributed by atoms with van der Waals surface area (Å²) in [5.74, 6) is -0.616. The lowest BCUT2D eigenvalue weighted by atomic mass is 10.1. The fourth-order valence-electron chi connectivity index (χ4n) is 4.40. The van der Waals surface area contributed by atoms with Crippen molar-refractivity contribution in [2.24, 2.45) is 0 Å². The van der Waals surface area contributed by atoms with Crippen LogP contribution in [-0.2, 0) is 16.0 Å². The normalized spacial score (nSPS) is 14.2. The van der Waals surface area contributed by atoms with Crippen LogP contribution < -0.4 is 10.2 Å². The lowest BCUT2D eigenvalue weighted by molar-refractivity contribution is -0.139. The molecule has 4 rings (SSSR count). The van der Waals surface area contributed by atoms with Gasteiger partial charge in [0.05, 0.1) is 5.69 Å². The van der Waals surface area contributed by atoms with Crippen LogP contribution in [0.25, 0.3) is 10.8 Å². The van der Waals surface area contributed by atoms with Crippen LogP contribution >= 0.6 is 0 Å². The molecule has 0 fully saturated rings. The molecule has 1 N–H and O–H groups in total. The van der Waals surface area contributed by atoms with Crippen molar-refractivity contribution in [3.05, 3.63) is 77.9 Å². The van der Waals surface area contributed by atoms with Gasteiger partial charge in [-0.3, -0.25) is 19.3 Å². The number of nitrogens with zero attached hydrogens (tertiary/aromatic N) is 2. The highest BCUT2D eigenvalue weighted by molar-refractivity contribution is 6.26. The SMILES string of the molecule is CC[C@H](C)NC(=O)[C@@H](C)N(CCc1ccccc1)C(=O)CN1C(=O)c2cccc3cccc1c23. The van der Waals surface area contributed by atoms with E-state index in [9.17, 15) is 14.4 Å². The van der Waals surface area contributed by atoms with Crippen molar-refractivity contribution >= 4 is 34.2 Å². The molecule has 176 valence electrons. The highest BCUT2D eigenvalue weighted by Crippen LogP contribution is 2.37. The molecule has 6 heteroatoms. The Kier molecular flexibility index (Phi) is 6.96. The number of benzene rings is 3. The van der Waals surface area contributed by atoms with Crippen LogP contribution in [0.2, 0.25) is 0 Å². The molecular weight excluding hydrogens is 426 g/mol. The number of rotatable bonds is 9. The number of amides is 3. The molecule has 1 heterocycles. The minimum atomic E-state index is -0.652. The number of carbonyl (C=O) groups excluding carboxylic acids is 3. The third kappa shape index (κ3) is 4.67. The number of carbonyl (C=O) groups is 3. The largest absolute Gasteiger partial charge is 0.352 e. The fourth-order valence-corrected chi connectivity index (χ4v) is 4.40. The molecule has 2 atom stereocenters. The highest BCUT2D eigenvalue weighted by Gasteiger charge is 2.34. The van der Waals surface area contributed by atoms with Crippen molar-refractivity contribution in [1.29, 1.82) is 0 Å². The second-order valence-corrected chi connectivity index (χ2v) is 8.89. The van der Waals surface area contributed by atoms with Crippen molar-refractivity contribution < 1.29 is 14.4 Å². The zero-order valence-electron chi connectivity index (χ0n) is 20.0. The van der Waals surface area contributed by atoms with Crippen molar-refractivity contribution in [3.63, 3.8) is 0 Å². The molecule has 3 amide bonds. The van der Waals surface area contributed by atoms with Gasteiger partial charge in [0.2, 0.25) is 11.8 Å². The van der Waals surface area contributed by atoms with E-state index in [0.29, 0.717) is 18.5 Å². The summed E-state index contributed by atoms with van der Waals surface area (Å²) in [6.07, 6.45) is 1.43. The third-order valence-corrected chi connectivity index (χ3v) is 6.59. The average molecular weight is 458 g/mol. The van der Waals surface area contributed by atoms with Crippen LogP contribution in [0.3, 0.4) is 0 Å². The summed E-state index contributed by atoms with van der Waals surface area (Å²) >= 11 is 0. The van der Waals surface area contributed by atoms with Crippen LogP contribution in [-0.4, -0.2) is 47.8 Å².